The Morgan fingerprint density at radius 1 is 1.13 bits per heavy atom. The molecule has 0 saturated carbocycles. The van der Waals surface area contributed by atoms with Crippen molar-refractivity contribution in [2.24, 2.45) is 11.3 Å². The summed E-state index contributed by atoms with van der Waals surface area (Å²) in [5.74, 6) is 0.519. The van der Waals surface area contributed by atoms with E-state index in [9.17, 15) is 9.59 Å². The van der Waals surface area contributed by atoms with Gasteiger partial charge in [-0.15, -0.1) is 0 Å². The highest BCUT2D eigenvalue weighted by molar-refractivity contribution is 5.90. The molecule has 172 valence electrons. The van der Waals surface area contributed by atoms with Gasteiger partial charge >= 0.3 is 0 Å². The van der Waals surface area contributed by atoms with Crippen LogP contribution in [0.15, 0.2) is 30.3 Å². The number of hydrogen-bond donors (Lipinski definition) is 2. The summed E-state index contributed by atoms with van der Waals surface area (Å²) in [6.07, 6.45) is 3.25. The van der Waals surface area contributed by atoms with Crippen molar-refractivity contribution < 1.29 is 9.59 Å². The van der Waals surface area contributed by atoms with Gasteiger partial charge in [-0.2, -0.15) is 0 Å². The fourth-order valence-electron chi connectivity index (χ4n) is 4.83. The molecule has 2 heterocycles. The minimum Gasteiger partial charge on any atom is -0.342 e. The second-order valence-electron chi connectivity index (χ2n) is 10.3. The van der Waals surface area contributed by atoms with Crippen molar-refractivity contribution in [1.82, 2.24) is 20.4 Å². The van der Waals surface area contributed by atoms with E-state index >= 15 is 0 Å². The molecule has 2 aliphatic rings. The highest BCUT2D eigenvalue weighted by Gasteiger charge is 2.45. The Morgan fingerprint density at radius 3 is 2.45 bits per heavy atom. The van der Waals surface area contributed by atoms with Gasteiger partial charge in [0.15, 0.2) is 0 Å². The number of amides is 2. The molecule has 2 aliphatic heterocycles. The normalized spacial score (nSPS) is 23.8. The van der Waals surface area contributed by atoms with Crippen LogP contribution in [0.25, 0.3) is 0 Å². The van der Waals surface area contributed by atoms with Crippen LogP contribution in [0.5, 0.6) is 0 Å². The molecule has 2 amide bonds. The molecule has 1 aromatic rings. The number of carbonyl (C=O) groups is 2. The minimum atomic E-state index is -0.519. The molecule has 0 spiro atoms. The van der Waals surface area contributed by atoms with E-state index in [1.54, 1.807) is 7.05 Å². The summed E-state index contributed by atoms with van der Waals surface area (Å²) in [5.41, 5.74) is 1.01. The van der Waals surface area contributed by atoms with E-state index in [0.29, 0.717) is 5.92 Å². The Bertz CT molecular complexity index is 746. The maximum Gasteiger partial charge on any atom is 0.245 e. The Hall–Kier alpha value is -1.92. The van der Waals surface area contributed by atoms with Crippen molar-refractivity contribution in [3.8, 4) is 0 Å². The first-order valence-corrected chi connectivity index (χ1v) is 11.7. The first-order chi connectivity index (χ1) is 14.7. The molecular formula is C25H40N4O2. The standard InChI is InChI=1S/C25H40N4O2/c1-18(26-5)23(30)27-22(25(2,3)4)24(31)29-16-13-20-12-15-28(17-21(20)29)14-11-19-9-7-6-8-10-19/h6-10,18,20-22,26H,11-17H2,1-5H3,(H,27,30)/t18?,20?,21?,22-/m1/s1. The summed E-state index contributed by atoms with van der Waals surface area (Å²) >= 11 is 0. The molecule has 0 aromatic heterocycles. The highest BCUT2D eigenvalue weighted by Crippen LogP contribution is 2.34. The summed E-state index contributed by atoms with van der Waals surface area (Å²) in [6, 6.07) is 10.0. The van der Waals surface area contributed by atoms with E-state index in [4.69, 9.17) is 0 Å². The van der Waals surface area contributed by atoms with Crippen LogP contribution in [0.4, 0.5) is 0 Å². The number of fused-ring (bicyclic) bond motifs is 1. The molecular weight excluding hydrogens is 388 g/mol. The summed E-state index contributed by atoms with van der Waals surface area (Å²) in [4.78, 5) is 30.8. The zero-order valence-electron chi connectivity index (χ0n) is 19.9. The zero-order chi connectivity index (χ0) is 22.6. The van der Waals surface area contributed by atoms with Gasteiger partial charge in [0.2, 0.25) is 11.8 Å². The number of rotatable bonds is 7. The van der Waals surface area contributed by atoms with Crippen LogP contribution in [-0.4, -0.2) is 73.0 Å². The molecule has 2 saturated heterocycles. The predicted molar refractivity (Wildman–Crippen MR) is 125 cm³/mol. The fraction of sp³-hybridized carbons (Fsp3) is 0.680. The lowest BCUT2D eigenvalue weighted by atomic mass is 9.85. The fourth-order valence-corrected chi connectivity index (χ4v) is 4.83. The van der Waals surface area contributed by atoms with E-state index in [-0.39, 0.29) is 29.3 Å². The molecule has 0 bridgehead atoms. The topological polar surface area (TPSA) is 64.7 Å². The summed E-state index contributed by atoms with van der Waals surface area (Å²) in [6.45, 7) is 11.8. The maximum absolute atomic E-state index is 13.7. The van der Waals surface area contributed by atoms with Crippen LogP contribution < -0.4 is 10.6 Å². The number of carbonyl (C=O) groups excluding carboxylic acids is 2. The maximum atomic E-state index is 13.7. The van der Waals surface area contributed by atoms with E-state index in [1.165, 1.54) is 5.56 Å². The molecule has 2 N–H and O–H groups in total. The number of hydrogen-bond acceptors (Lipinski definition) is 4. The summed E-state index contributed by atoms with van der Waals surface area (Å²) < 4.78 is 0. The smallest absolute Gasteiger partial charge is 0.245 e. The minimum absolute atomic E-state index is 0.0709. The van der Waals surface area contributed by atoms with Gasteiger partial charge in [0, 0.05) is 25.7 Å². The van der Waals surface area contributed by atoms with Crippen LogP contribution in [0.1, 0.15) is 46.1 Å². The SMILES string of the molecule is CNC(C)C(=O)N[C@H](C(=O)N1CCC2CCN(CCc3ccccc3)CC21)C(C)(C)C. The molecule has 2 fully saturated rings. The van der Waals surface area contributed by atoms with Crippen molar-refractivity contribution in [2.45, 2.75) is 65.1 Å². The lowest BCUT2D eigenvalue weighted by Gasteiger charge is -2.41. The second-order valence-corrected chi connectivity index (χ2v) is 10.3. The lowest BCUT2D eigenvalue weighted by molar-refractivity contribution is -0.141. The molecule has 31 heavy (non-hydrogen) atoms. The van der Waals surface area contributed by atoms with E-state index in [2.05, 4.69) is 50.8 Å². The van der Waals surface area contributed by atoms with Crippen LogP contribution >= 0.6 is 0 Å². The van der Waals surface area contributed by atoms with Gasteiger partial charge in [-0.25, -0.2) is 0 Å². The van der Waals surface area contributed by atoms with E-state index in [0.717, 1.165) is 45.4 Å². The quantitative estimate of drug-likeness (QED) is 0.699. The van der Waals surface area contributed by atoms with Crippen molar-refractivity contribution >= 4 is 11.8 Å². The Kier molecular flexibility index (Phi) is 7.76. The number of likely N-dealkylation sites (tertiary alicyclic amines) is 2. The van der Waals surface area contributed by atoms with Crippen LogP contribution in [0, 0.1) is 11.3 Å². The lowest BCUT2D eigenvalue weighted by Crippen LogP contribution is -2.60. The number of piperidine rings is 1. The third-order valence-electron chi connectivity index (χ3n) is 7.02. The largest absolute Gasteiger partial charge is 0.342 e. The molecule has 3 unspecified atom stereocenters. The van der Waals surface area contributed by atoms with Crippen molar-refractivity contribution in [2.75, 3.05) is 33.2 Å². The third kappa shape index (κ3) is 5.86. The van der Waals surface area contributed by atoms with Gasteiger partial charge in [0.1, 0.15) is 6.04 Å². The molecule has 1 aromatic carbocycles. The Labute approximate surface area is 187 Å². The number of likely N-dealkylation sites (N-methyl/N-ethyl adjacent to an activating group) is 1. The van der Waals surface area contributed by atoms with E-state index < -0.39 is 6.04 Å². The molecule has 6 heteroatoms. The number of benzene rings is 1. The van der Waals surface area contributed by atoms with Crippen LogP contribution in [0.3, 0.4) is 0 Å². The Balaban J connectivity index is 1.66. The van der Waals surface area contributed by atoms with Gasteiger partial charge in [-0.1, -0.05) is 51.1 Å². The van der Waals surface area contributed by atoms with Gasteiger partial charge in [0.25, 0.3) is 0 Å². The molecule has 0 aliphatic carbocycles. The average Bonchev–Trinajstić information content (AvgIpc) is 3.18. The monoisotopic (exact) mass is 428 g/mol. The average molecular weight is 429 g/mol. The van der Waals surface area contributed by atoms with Crippen molar-refractivity contribution in [1.29, 1.82) is 0 Å². The third-order valence-corrected chi connectivity index (χ3v) is 7.02. The molecule has 4 atom stereocenters. The van der Waals surface area contributed by atoms with E-state index in [1.807, 2.05) is 27.7 Å². The van der Waals surface area contributed by atoms with Crippen molar-refractivity contribution in [3.05, 3.63) is 35.9 Å². The summed E-state index contributed by atoms with van der Waals surface area (Å²) in [5, 5.41) is 6.00. The number of nitrogens with zero attached hydrogens (tertiary/aromatic N) is 2. The van der Waals surface area contributed by atoms with Gasteiger partial charge in [-0.05, 0) is 56.7 Å². The van der Waals surface area contributed by atoms with Crippen LogP contribution in [0.2, 0.25) is 0 Å². The van der Waals surface area contributed by atoms with Crippen molar-refractivity contribution in [3.63, 3.8) is 0 Å². The molecule has 3 rings (SSSR count). The molecule has 0 radical (unpaired) electrons. The Morgan fingerprint density at radius 2 is 1.81 bits per heavy atom. The van der Waals surface area contributed by atoms with Gasteiger partial charge in [-0.3, -0.25) is 9.59 Å². The zero-order valence-corrected chi connectivity index (χ0v) is 19.9. The first-order valence-electron chi connectivity index (χ1n) is 11.7. The second kappa shape index (κ2) is 10.1. The molecule has 6 nitrogen and oxygen atoms in total. The van der Waals surface area contributed by atoms with Gasteiger partial charge < -0.3 is 20.4 Å². The van der Waals surface area contributed by atoms with Crippen LogP contribution in [-0.2, 0) is 16.0 Å². The highest BCUT2D eigenvalue weighted by atomic mass is 16.2. The number of nitrogens with one attached hydrogen (secondary N) is 2. The predicted octanol–water partition coefficient (Wildman–Crippen LogP) is 2.29. The van der Waals surface area contributed by atoms with Gasteiger partial charge in [0.05, 0.1) is 6.04 Å². The first kappa shape index (κ1) is 23.7. The summed E-state index contributed by atoms with van der Waals surface area (Å²) in [7, 11) is 1.76.